The first-order valence-electron chi connectivity index (χ1n) is 6.93. The monoisotopic (exact) mass is 306 g/mol. The second kappa shape index (κ2) is 7.29. The SMILES string of the molecule is CCCCC(CC)Cn1cc(S(=O)(=O)Cl)nc1CC. The number of hydrogen-bond donors (Lipinski definition) is 0. The van der Waals surface area contributed by atoms with E-state index in [-0.39, 0.29) is 5.03 Å². The molecule has 0 aliphatic rings. The van der Waals surface area contributed by atoms with Crippen LogP contribution in [0.15, 0.2) is 11.2 Å². The highest BCUT2D eigenvalue weighted by Crippen LogP contribution is 2.20. The molecule has 1 rings (SSSR count). The normalized spacial score (nSPS) is 13.7. The Morgan fingerprint density at radius 2 is 2.05 bits per heavy atom. The van der Waals surface area contributed by atoms with Crippen LogP contribution in [-0.2, 0) is 22.0 Å². The predicted molar refractivity (Wildman–Crippen MR) is 77.9 cm³/mol. The van der Waals surface area contributed by atoms with Crippen molar-refractivity contribution >= 4 is 19.7 Å². The predicted octanol–water partition coefficient (Wildman–Crippen LogP) is 3.59. The maximum Gasteiger partial charge on any atom is 0.280 e. The molecule has 1 heterocycles. The summed E-state index contributed by atoms with van der Waals surface area (Å²) in [4.78, 5) is 4.11. The molecule has 0 radical (unpaired) electrons. The lowest BCUT2D eigenvalue weighted by atomic mass is 9.99. The van der Waals surface area contributed by atoms with Crippen molar-refractivity contribution in [2.24, 2.45) is 5.92 Å². The van der Waals surface area contributed by atoms with Gasteiger partial charge in [-0.15, -0.1) is 0 Å². The summed E-state index contributed by atoms with van der Waals surface area (Å²) in [5, 5.41) is -0.0311. The molecule has 0 aliphatic carbocycles. The van der Waals surface area contributed by atoms with Gasteiger partial charge in [-0.1, -0.05) is 40.0 Å². The van der Waals surface area contributed by atoms with Gasteiger partial charge in [0.2, 0.25) is 0 Å². The second-order valence-electron chi connectivity index (χ2n) is 4.86. The third-order valence-corrected chi connectivity index (χ3v) is 4.57. The van der Waals surface area contributed by atoms with Crippen molar-refractivity contribution in [3.8, 4) is 0 Å². The lowest BCUT2D eigenvalue weighted by Crippen LogP contribution is -2.12. The zero-order chi connectivity index (χ0) is 14.5. The first-order chi connectivity index (χ1) is 8.92. The van der Waals surface area contributed by atoms with E-state index >= 15 is 0 Å². The average Bonchev–Trinajstić information content (AvgIpc) is 2.77. The van der Waals surface area contributed by atoms with Crippen LogP contribution in [0, 0.1) is 5.92 Å². The molecule has 110 valence electrons. The van der Waals surface area contributed by atoms with Crippen molar-refractivity contribution in [1.29, 1.82) is 0 Å². The van der Waals surface area contributed by atoms with Crippen LogP contribution in [0.4, 0.5) is 0 Å². The van der Waals surface area contributed by atoms with Crippen LogP contribution >= 0.6 is 10.7 Å². The van der Waals surface area contributed by atoms with Gasteiger partial charge in [0.05, 0.1) is 0 Å². The van der Waals surface area contributed by atoms with E-state index in [2.05, 4.69) is 18.8 Å². The van der Waals surface area contributed by atoms with Crippen LogP contribution in [0.1, 0.15) is 52.3 Å². The quantitative estimate of drug-likeness (QED) is 0.690. The maximum absolute atomic E-state index is 11.3. The van der Waals surface area contributed by atoms with Gasteiger partial charge in [-0.05, 0) is 12.3 Å². The third-order valence-electron chi connectivity index (χ3n) is 3.40. The molecule has 1 unspecified atom stereocenters. The Kier molecular flexibility index (Phi) is 6.33. The number of aryl methyl sites for hydroxylation is 1. The first kappa shape index (κ1) is 16.5. The molecule has 0 fully saturated rings. The molecular weight excluding hydrogens is 284 g/mol. The zero-order valence-electron chi connectivity index (χ0n) is 11.9. The third kappa shape index (κ3) is 4.80. The van der Waals surface area contributed by atoms with Crippen LogP contribution < -0.4 is 0 Å². The highest BCUT2D eigenvalue weighted by atomic mass is 35.7. The highest BCUT2D eigenvalue weighted by Gasteiger charge is 2.18. The van der Waals surface area contributed by atoms with Gasteiger partial charge in [0, 0.05) is 29.8 Å². The number of imidazole rings is 1. The largest absolute Gasteiger partial charge is 0.333 e. The van der Waals surface area contributed by atoms with Gasteiger partial charge in [0.1, 0.15) is 5.82 Å². The summed E-state index contributed by atoms with van der Waals surface area (Å²) < 4.78 is 24.6. The number of nitrogens with zero attached hydrogens (tertiary/aromatic N) is 2. The lowest BCUT2D eigenvalue weighted by Gasteiger charge is -2.16. The molecule has 0 spiro atoms. The Labute approximate surface area is 120 Å². The molecule has 1 atom stereocenters. The maximum atomic E-state index is 11.3. The Morgan fingerprint density at radius 1 is 1.37 bits per heavy atom. The van der Waals surface area contributed by atoms with Crippen LogP contribution in [-0.4, -0.2) is 18.0 Å². The van der Waals surface area contributed by atoms with E-state index in [9.17, 15) is 8.42 Å². The van der Waals surface area contributed by atoms with E-state index in [1.165, 1.54) is 12.8 Å². The molecule has 0 N–H and O–H groups in total. The Bertz CT molecular complexity index is 497. The molecule has 0 aliphatic heterocycles. The van der Waals surface area contributed by atoms with Gasteiger partial charge < -0.3 is 4.57 Å². The van der Waals surface area contributed by atoms with Crippen LogP contribution in [0.5, 0.6) is 0 Å². The van der Waals surface area contributed by atoms with E-state index in [1.54, 1.807) is 6.20 Å². The molecule has 0 saturated heterocycles. The topological polar surface area (TPSA) is 52.0 Å². The van der Waals surface area contributed by atoms with Gasteiger partial charge in [-0.25, -0.2) is 13.4 Å². The standard InChI is InChI=1S/C13H23ClN2O2S/c1-4-7-8-11(5-2)9-16-10-13(19(14,17)18)15-12(16)6-3/h10-11H,4-9H2,1-3H3. The number of halogens is 1. The molecular formula is C13H23ClN2O2S. The van der Waals surface area contributed by atoms with Crippen LogP contribution in [0.2, 0.25) is 0 Å². The van der Waals surface area contributed by atoms with Gasteiger partial charge >= 0.3 is 0 Å². The Hall–Kier alpha value is -0.550. The van der Waals surface area contributed by atoms with E-state index in [4.69, 9.17) is 10.7 Å². The zero-order valence-corrected chi connectivity index (χ0v) is 13.5. The summed E-state index contributed by atoms with van der Waals surface area (Å²) in [7, 11) is 1.62. The molecule has 0 amide bonds. The molecule has 6 heteroatoms. The van der Waals surface area contributed by atoms with E-state index in [0.717, 1.165) is 25.2 Å². The van der Waals surface area contributed by atoms with Crippen molar-refractivity contribution in [1.82, 2.24) is 9.55 Å². The number of hydrogen-bond acceptors (Lipinski definition) is 3. The van der Waals surface area contributed by atoms with Crippen molar-refractivity contribution in [3.63, 3.8) is 0 Å². The molecule has 1 aromatic rings. The first-order valence-corrected chi connectivity index (χ1v) is 9.23. The minimum absolute atomic E-state index is 0.0311. The smallest absolute Gasteiger partial charge is 0.280 e. The molecule has 1 aromatic heterocycles. The van der Waals surface area contributed by atoms with E-state index in [1.807, 2.05) is 11.5 Å². The minimum atomic E-state index is -3.73. The summed E-state index contributed by atoms with van der Waals surface area (Å²) >= 11 is 0. The summed E-state index contributed by atoms with van der Waals surface area (Å²) in [6, 6.07) is 0. The summed E-state index contributed by atoms with van der Waals surface area (Å²) in [5.74, 6) is 1.35. The van der Waals surface area contributed by atoms with Gasteiger partial charge in [-0.2, -0.15) is 0 Å². The molecule has 0 aromatic carbocycles. The Morgan fingerprint density at radius 3 is 2.53 bits per heavy atom. The van der Waals surface area contributed by atoms with Crippen LogP contribution in [0.25, 0.3) is 0 Å². The molecule has 19 heavy (non-hydrogen) atoms. The summed E-state index contributed by atoms with van der Waals surface area (Å²) in [5.41, 5.74) is 0. The second-order valence-corrected chi connectivity index (χ2v) is 7.37. The highest BCUT2D eigenvalue weighted by molar-refractivity contribution is 8.13. The fourth-order valence-electron chi connectivity index (χ4n) is 2.18. The summed E-state index contributed by atoms with van der Waals surface area (Å²) in [6.45, 7) is 7.14. The van der Waals surface area contributed by atoms with Crippen molar-refractivity contribution < 1.29 is 8.42 Å². The average molecular weight is 307 g/mol. The van der Waals surface area contributed by atoms with Gasteiger partial charge in [0.25, 0.3) is 9.05 Å². The molecule has 0 bridgehead atoms. The number of aromatic nitrogens is 2. The Balaban J connectivity index is 2.90. The van der Waals surface area contributed by atoms with E-state index < -0.39 is 9.05 Å². The fourth-order valence-corrected chi connectivity index (χ4v) is 2.87. The van der Waals surface area contributed by atoms with Crippen molar-refractivity contribution in [3.05, 3.63) is 12.0 Å². The van der Waals surface area contributed by atoms with Gasteiger partial charge in [-0.3, -0.25) is 0 Å². The van der Waals surface area contributed by atoms with Crippen molar-refractivity contribution in [2.75, 3.05) is 0 Å². The fraction of sp³-hybridized carbons (Fsp3) is 0.769. The summed E-state index contributed by atoms with van der Waals surface area (Å²) in [6.07, 6.45) is 6.91. The van der Waals surface area contributed by atoms with E-state index in [0.29, 0.717) is 12.3 Å². The number of unbranched alkanes of at least 4 members (excludes halogenated alkanes) is 1. The lowest BCUT2D eigenvalue weighted by molar-refractivity contribution is 0.385. The van der Waals surface area contributed by atoms with Crippen LogP contribution in [0.3, 0.4) is 0 Å². The molecule has 4 nitrogen and oxygen atoms in total. The van der Waals surface area contributed by atoms with Gasteiger partial charge in [0.15, 0.2) is 5.03 Å². The van der Waals surface area contributed by atoms with Crippen molar-refractivity contribution in [2.45, 2.75) is 64.4 Å². The number of rotatable bonds is 8. The molecule has 0 saturated carbocycles. The minimum Gasteiger partial charge on any atom is -0.333 e.